The molecule has 8 nitrogen and oxygen atoms in total. The Balaban J connectivity index is 1.90. The molecule has 0 saturated carbocycles. The molecule has 30 heavy (non-hydrogen) atoms. The lowest BCUT2D eigenvalue weighted by molar-refractivity contribution is -0.139. The summed E-state index contributed by atoms with van der Waals surface area (Å²) < 4.78 is 19.4. The maximum atomic E-state index is 12.2. The van der Waals surface area contributed by atoms with Crippen LogP contribution in [0.1, 0.15) is 38.5 Å². The first-order valence-electron chi connectivity index (χ1n) is 9.51. The molecule has 3 rings (SSSR count). The molecule has 0 aromatic heterocycles. The van der Waals surface area contributed by atoms with Crippen molar-refractivity contribution in [3.05, 3.63) is 44.6 Å². The largest absolute Gasteiger partial charge is 0.466 e. The van der Waals surface area contributed by atoms with Crippen molar-refractivity contribution in [2.24, 2.45) is 0 Å². The van der Waals surface area contributed by atoms with Crippen LogP contribution in [0.25, 0.3) is 0 Å². The maximum absolute atomic E-state index is 12.2. The summed E-state index contributed by atoms with van der Waals surface area (Å²) in [5, 5.41) is 0. The molecule has 160 valence electrons. The van der Waals surface area contributed by atoms with Crippen LogP contribution in [0.15, 0.2) is 44.6 Å². The molecule has 0 atom stereocenters. The molecule has 0 aromatic carbocycles. The third kappa shape index (κ3) is 3.81. The van der Waals surface area contributed by atoms with Gasteiger partial charge >= 0.3 is 23.9 Å². The number of methoxy groups -OCH3 is 4. The van der Waals surface area contributed by atoms with Gasteiger partial charge in [-0.05, 0) is 12.8 Å². The van der Waals surface area contributed by atoms with Crippen LogP contribution in [-0.2, 0) is 38.1 Å². The Kier molecular flexibility index (Phi) is 6.24. The number of esters is 4. The molecule has 0 aliphatic heterocycles. The topological polar surface area (TPSA) is 105 Å². The molecule has 0 fully saturated rings. The summed E-state index contributed by atoms with van der Waals surface area (Å²) in [5.41, 5.74) is 5.37. The van der Waals surface area contributed by atoms with Crippen LogP contribution >= 0.6 is 0 Å². The molecular formula is C22H24O8. The third-order valence-electron chi connectivity index (χ3n) is 5.87. The Morgan fingerprint density at radius 1 is 0.433 bits per heavy atom. The average molecular weight is 416 g/mol. The molecule has 0 amide bonds. The zero-order valence-corrected chi connectivity index (χ0v) is 17.5. The first kappa shape index (κ1) is 21.5. The highest BCUT2D eigenvalue weighted by atomic mass is 16.5. The van der Waals surface area contributed by atoms with Gasteiger partial charge in [-0.25, -0.2) is 19.2 Å². The number of ether oxygens (including phenoxy) is 4. The Hall–Kier alpha value is -3.16. The monoisotopic (exact) mass is 416 g/mol. The Morgan fingerprint density at radius 2 is 0.633 bits per heavy atom. The minimum Gasteiger partial charge on any atom is -0.466 e. The predicted molar refractivity (Wildman–Crippen MR) is 104 cm³/mol. The maximum Gasteiger partial charge on any atom is 0.334 e. The van der Waals surface area contributed by atoms with Crippen LogP contribution < -0.4 is 0 Å². The van der Waals surface area contributed by atoms with Gasteiger partial charge in [0, 0.05) is 25.7 Å². The highest BCUT2D eigenvalue weighted by molar-refractivity contribution is 6.03. The summed E-state index contributed by atoms with van der Waals surface area (Å²) in [6.07, 6.45) is 2.31. The predicted octanol–water partition coefficient (Wildman–Crippen LogP) is 2.25. The van der Waals surface area contributed by atoms with Crippen LogP contribution in [0.5, 0.6) is 0 Å². The van der Waals surface area contributed by atoms with Crippen molar-refractivity contribution in [3.63, 3.8) is 0 Å². The summed E-state index contributed by atoms with van der Waals surface area (Å²) in [4.78, 5) is 49.0. The van der Waals surface area contributed by atoms with E-state index in [1.807, 2.05) is 0 Å². The third-order valence-corrected chi connectivity index (χ3v) is 5.87. The van der Waals surface area contributed by atoms with Gasteiger partial charge in [-0.2, -0.15) is 0 Å². The number of carbonyl (C=O) groups is 4. The number of hydrogen-bond donors (Lipinski definition) is 0. The van der Waals surface area contributed by atoms with Crippen LogP contribution in [0.3, 0.4) is 0 Å². The van der Waals surface area contributed by atoms with Crippen molar-refractivity contribution in [2.45, 2.75) is 38.5 Å². The number of carbonyl (C=O) groups excluding carboxylic acids is 4. The van der Waals surface area contributed by atoms with E-state index in [2.05, 4.69) is 0 Å². The number of rotatable bonds is 4. The van der Waals surface area contributed by atoms with E-state index >= 15 is 0 Å². The Morgan fingerprint density at radius 3 is 0.800 bits per heavy atom. The molecule has 3 aliphatic rings. The van der Waals surface area contributed by atoms with Gasteiger partial charge in [-0.15, -0.1) is 0 Å². The van der Waals surface area contributed by atoms with Crippen molar-refractivity contribution in [1.82, 2.24) is 0 Å². The normalized spacial score (nSPS) is 18.5. The molecule has 0 heterocycles. The summed E-state index contributed by atoms with van der Waals surface area (Å²) in [7, 11) is 5.11. The summed E-state index contributed by atoms with van der Waals surface area (Å²) in [5.74, 6) is -2.19. The van der Waals surface area contributed by atoms with Crippen molar-refractivity contribution >= 4 is 23.9 Å². The molecule has 0 bridgehead atoms. The molecule has 3 aliphatic carbocycles. The minimum absolute atomic E-state index is 0.296. The summed E-state index contributed by atoms with van der Waals surface area (Å²) in [6, 6.07) is 0. The van der Waals surface area contributed by atoms with Gasteiger partial charge in [0.15, 0.2) is 0 Å². The molecular weight excluding hydrogens is 392 g/mol. The summed E-state index contributed by atoms with van der Waals surface area (Å²) >= 11 is 0. The zero-order valence-electron chi connectivity index (χ0n) is 17.5. The zero-order chi connectivity index (χ0) is 22.0. The van der Waals surface area contributed by atoms with E-state index in [4.69, 9.17) is 18.9 Å². The van der Waals surface area contributed by atoms with Crippen LogP contribution in [0.2, 0.25) is 0 Å². The second-order valence-corrected chi connectivity index (χ2v) is 7.36. The van der Waals surface area contributed by atoms with Gasteiger partial charge in [0.2, 0.25) is 0 Å². The van der Waals surface area contributed by atoms with E-state index < -0.39 is 23.9 Å². The second kappa shape index (κ2) is 8.69. The van der Waals surface area contributed by atoms with Gasteiger partial charge in [0.25, 0.3) is 0 Å². The average Bonchev–Trinajstić information content (AvgIpc) is 2.78. The fraction of sp³-hybridized carbons (Fsp3) is 0.455. The molecule has 0 spiro atoms. The lowest BCUT2D eigenvalue weighted by Crippen LogP contribution is -2.25. The van der Waals surface area contributed by atoms with E-state index in [1.165, 1.54) is 28.4 Å². The molecule has 0 N–H and O–H groups in total. The fourth-order valence-corrected chi connectivity index (χ4v) is 4.32. The minimum atomic E-state index is -0.548. The Labute approximate surface area is 174 Å². The standard InChI is InChI=1S/C22H24O8/c1-27-19(23)15-7-11-5-13-9-17(21(25)29-3)18(22(26)30-4)10-14(13)6-12(11)8-16(15)20(24)28-2/h5-10H2,1-4H3. The molecule has 0 saturated heterocycles. The number of hydrogen-bond acceptors (Lipinski definition) is 8. The van der Waals surface area contributed by atoms with Crippen LogP contribution in [0.4, 0.5) is 0 Å². The molecule has 0 radical (unpaired) electrons. The van der Waals surface area contributed by atoms with Crippen molar-refractivity contribution < 1.29 is 38.1 Å². The first-order chi connectivity index (χ1) is 14.3. The van der Waals surface area contributed by atoms with E-state index in [9.17, 15) is 19.2 Å². The smallest absolute Gasteiger partial charge is 0.334 e. The summed E-state index contributed by atoms with van der Waals surface area (Å²) in [6.45, 7) is 0. The molecule has 0 aromatic rings. The van der Waals surface area contributed by atoms with E-state index in [1.54, 1.807) is 0 Å². The van der Waals surface area contributed by atoms with Crippen molar-refractivity contribution in [3.8, 4) is 0 Å². The van der Waals surface area contributed by atoms with Crippen molar-refractivity contribution in [2.75, 3.05) is 28.4 Å². The second-order valence-electron chi connectivity index (χ2n) is 7.36. The number of allylic oxidation sites excluding steroid dienone is 4. The van der Waals surface area contributed by atoms with E-state index in [0.717, 1.165) is 22.3 Å². The molecule has 0 unspecified atom stereocenters. The van der Waals surface area contributed by atoms with Gasteiger partial charge in [0.05, 0.1) is 50.7 Å². The van der Waals surface area contributed by atoms with Gasteiger partial charge in [0.1, 0.15) is 0 Å². The van der Waals surface area contributed by atoms with E-state index in [0.29, 0.717) is 60.8 Å². The highest BCUT2D eigenvalue weighted by Crippen LogP contribution is 2.46. The SMILES string of the molecule is COC(=O)C1=C(C(=O)OC)CC2=C(CC3=C(C2)CC(C(=O)OC)=C(C(=O)OC)C3)C1. The lowest BCUT2D eigenvalue weighted by atomic mass is 9.72. The molecule has 8 heteroatoms. The first-order valence-corrected chi connectivity index (χ1v) is 9.51. The van der Waals surface area contributed by atoms with Gasteiger partial charge < -0.3 is 18.9 Å². The van der Waals surface area contributed by atoms with Crippen LogP contribution in [-0.4, -0.2) is 52.3 Å². The Bertz CT molecular complexity index is 808. The van der Waals surface area contributed by atoms with E-state index in [-0.39, 0.29) is 0 Å². The van der Waals surface area contributed by atoms with Crippen molar-refractivity contribution in [1.29, 1.82) is 0 Å². The quantitative estimate of drug-likeness (QED) is 0.390. The van der Waals surface area contributed by atoms with Gasteiger partial charge in [-0.1, -0.05) is 22.3 Å². The fourth-order valence-electron chi connectivity index (χ4n) is 4.32. The highest BCUT2D eigenvalue weighted by Gasteiger charge is 2.36. The van der Waals surface area contributed by atoms with Crippen LogP contribution in [0, 0.1) is 0 Å². The van der Waals surface area contributed by atoms with Gasteiger partial charge in [-0.3, -0.25) is 0 Å². The lowest BCUT2D eigenvalue weighted by Gasteiger charge is -2.33.